The second-order valence-corrected chi connectivity index (χ2v) is 4.75. The summed E-state index contributed by atoms with van der Waals surface area (Å²) in [5, 5.41) is 11.8. The van der Waals surface area contributed by atoms with E-state index in [1.165, 1.54) is 0 Å². The molecule has 2 amide bonds. The van der Waals surface area contributed by atoms with E-state index in [0.29, 0.717) is 19.5 Å². The molecular formula is C14H20N2O3. The van der Waals surface area contributed by atoms with Gasteiger partial charge in [-0.25, -0.2) is 4.79 Å². The van der Waals surface area contributed by atoms with Crippen molar-refractivity contribution in [2.75, 3.05) is 26.8 Å². The smallest absolute Gasteiger partial charge is 0.318 e. The Hall–Kier alpha value is -1.75. The Morgan fingerprint density at radius 1 is 1.53 bits per heavy atom. The number of ether oxygens (including phenoxy) is 1. The number of nitrogens with zero attached hydrogens (tertiary/aromatic N) is 1. The maximum absolute atomic E-state index is 11.8. The number of aryl methyl sites for hydroxylation is 1. The van der Waals surface area contributed by atoms with E-state index in [1.54, 1.807) is 12.0 Å². The Labute approximate surface area is 113 Å². The van der Waals surface area contributed by atoms with Crippen LogP contribution >= 0.6 is 0 Å². The van der Waals surface area contributed by atoms with Gasteiger partial charge in [-0.15, -0.1) is 0 Å². The van der Waals surface area contributed by atoms with Crippen LogP contribution in [-0.4, -0.2) is 42.8 Å². The number of aliphatic hydroxyl groups excluding tert-OH is 1. The third-order valence-electron chi connectivity index (χ3n) is 3.40. The van der Waals surface area contributed by atoms with Crippen molar-refractivity contribution in [1.29, 1.82) is 0 Å². The number of benzene rings is 1. The Morgan fingerprint density at radius 2 is 2.32 bits per heavy atom. The SMILES string of the molecule is COc1ccc(C2CN(CCCO)C(=O)N2)cc1C. The van der Waals surface area contributed by atoms with Crippen molar-refractivity contribution in [2.24, 2.45) is 0 Å². The van der Waals surface area contributed by atoms with Crippen LogP contribution in [-0.2, 0) is 0 Å². The summed E-state index contributed by atoms with van der Waals surface area (Å²) in [4.78, 5) is 13.5. The molecule has 0 spiro atoms. The van der Waals surface area contributed by atoms with Crippen LogP contribution in [0.5, 0.6) is 5.75 Å². The summed E-state index contributed by atoms with van der Waals surface area (Å²) in [6.07, 6.45) is 0.613. The maximum Gasteiger partial charge on any atom is 0.318 e. The lowest BCUT2D eigenvalue weighted by Gasteiger charge is -2.14. The Kier molecular flexibility index (Phi) is 4.27. The molecule has 1 atom stereocenters. The number of hydrogen-bond acceptors (Lipinski definition) is 3. The second-order valence-electron chi connectivity index (χ2n) is 4.75. The summed E-state index contributed by atoms with van der Waals surface area (Å²) in [5.74, 6) is 0.852. The lowest BCUT2D eigenvalue weighted by molar-refractivity contribution is 0.209. The third-order valence-corrected chi connectivity index (χ3v) is 3.40. The molecule has 1 heterocycles. The number of aliphatic hydroxyl groups is 1. The minimum atomic E-state index is -0.0630. The molecule has 1 aromatic rings. The van der Waals surface area contributed by atoms with Gasteiger partial charge in [-0.1, -0.05) is 12.1 Å². The highest BCUT2D eigenvalue weighted by Crippen LogP contribution is 2.25. The van der Waals surface area contributed by atoms with Crippen LogP contribution in [0.25, 0.3) is 0 Å². The molecule has 2 N–H and O–H groups in total. The van der Waals surface area contributed by atoms with Crippen molar-refractivity contribution >= 4 is 6.03 Å². The first-order valence-electron chi connectivity index (χ1n) is 6.46. The van der Waals surface area contributed by atoms with Gasteiger partial charge in [-0.2, -0.15) is 0 Å². The summed E-state index contributed by atoms with van der Waals surface area (Å²) in [7, 11) is 1.65. The van der Waals surface area contributed by atoms with Crippen LogP contribution < -0.4 is 10.1 Å². The van der Waals surface area contributed by atoms with Gasteiger partial charge in [0, 0.05) is 19.7 Å². The molecule has 1 aromatic carbocycles. The molecule has 1 aliphatic rings. The van der Waals surface area contributed by atoms with E-state index in [-0.39, 0.29) is 18.7 Å². The normalized spacial score (nSPS) is 18.6. The van der Waals surface area contributed by atoms with E-state index in [9.17, 15) is 4.79 Å². The fourth-order valence-electron chi connectivity index (χ4n) is 2.35. The summed E-state index contributed by atoms with van der Waals surface area (Å²) in [5.41, 5.74) is 2.14. The zero-order valence-corrected chi connectivity index (χ0v) is 11.3. The molecule has 1 aliphatic heterocycles. The molecule has 5 nitrogen and oxygen atoms in total. The van der Waals surface area contributed by atoms with Gasteiger partial charge in [-0.05, 0) is 30.5 Å². The van der Waals surface area contributed by atoms with Gasteiger partial charge in [0.15, 0.2) is 0 Å². The highest BCUT2D eigenvalue weighted by atomic mass is 16.5. The summed E-state index contributed by atoms with van der Waals surface area (Å²) >= 11 is 0. The molecule has 19 heavy (non-hydrogen) atoms. The molecule has 104 valence electrons. The van der Waals surface area contributed by atoms with E-state index in [0.717, 1.165) is 16.9 Å². The van der Waals surface area contributed by atoms with Crippen molar-refractivity contribution in [1.82, 2.24) is 10.2 Å². The molecule has 0 aliphatic carbocycles. The number of carbonyl (C=O) groups is 1. The molecule has 0 saturated carbocycles. The Balaban J connectivity index is 2.07. The fourth-order valence-corrected chi connectivity index (χ4v) is 2.35. The zero-order chi connectivity index (χ0) is 13.8. The van der Waals surface area contributed by atoms with Gasteiger partial charge in [0.2, 0.25) is 0 Å². The quantitative estimate of drug-likeness (QED) is 0.846. The first-order chi connectivity index (χ1) is 9.15. The van der Waals surface area contributed by atoms with Crippen LogP contribution in [0.3, 0.4) is 0 Å². The molecular weight excluding hydrogens is 244 g/mol. The molecule has 2 rings (SSSR count). The summed E-state index contributed by atoms with van der Waals surface area (Å²) in [6.45, 7) is 3.33. The molecule has 1 unspecified atom stereocenters. The van der Waals surface area contributed by atoms with Gasteiger partial charge in [0.1, 0.15) is 5.75 Å². The lowest BCUT2D eigenvalue weighted by atomic mass is 10.0. The van der Waals surface area contributed by atoms with Crippen LogP contribution in [0, 0.1) is 6.92 Å². The Bertz CT molecular complexity index is 462. The van der Waals surface area contributed by atoms with Gasteiger partial charge in [0.25, 0.3) is 0 Å². The van der Waals surface area contributed by atoms with E-state index in [4.69, 9.17) is 9.84 Å². The first-order valence-corrected chi connectivity index (χ1v) is 6.46. The lowest BCUT2D eigenvalue weighted by Crippen LogP contribution is -2.29. The van der Waals surface area contributed by atoms with E-state index >= 15 is 0 Å². The highest BCUT2D eigenvalue weighted by Gasteiger charge is 2.29. The topological polar surface area (TPSA) is 61.8 Å². The number of urea groups is 1. The molecule has 0 bridgehead atoms. The van der Waals surface area contributed by atoms with E-state index in [2.05, 4.69) is 5.32 Å². The molecule has 5 heteroatoms. The number of carbonyl (C=O) groups excluding carboxylic acids is 1. The Morgan fingerprint density at radius 3 is 2.95 bits per heavy atom. The van der Waals surface area contributed by atoms with Crippen molar-refractivity contribution < 1.29 is 14.6 Å². The second kappa shape index (κ2) is 5.93. The van der Waals surface area contributed by atoms with Crippen LogP contribution in [0.2, 0.25) is 0 Å². The highest BCUT2D eigenvalue weighted by molar-refractivity contribution is 5.77. The van der Waals surface area contributed by atoms with Gasteiger partial charge in [0.05, 0.1) is 13.2 Å². The van der Waals surface area contributed by atoms with E-state index < -0.39 is 0 Å². The van der Waals surface area contributed by atoms with E-state index in [1.807, 2.05) is 25.1 Å². The molecule has 1 fully saturated rings. The van der Waals surface area contributed by atoms with Gasteiger partial charge in [-0.3, -0.25) is 0 Å². The number of rotatable bonds is 5. The number of methoxy groups -OCH3 is 1. The van der Waals surface area contributed by atoms with Crippen molar-refractivity contribution in [2.45, 2.75) is 19.4 Å². The minimum absolute atomic E-state index is 0.01000. The van der Waals surface area contributed by atoms with Crippen LogP contribution in [0.15, 0.2) is 18.2 Å². The zero-order valence-electron chi connectivity index (χ0n) is 11.3. The largest absolute Gasteiger partial charge is 0.496 e. The number of hydrogen-bond donors (Lipinski definition) is 2. The molecule has 0 aromatic heterocycles. The number of nitrogens with one attached hydrogen (secondary N) is 1. The molecule has 1 saturated heterocycles. The van der Waals surface area contributed by atoms with Gasteiger partial charge >= 0.3 is 6.03 Å². The predicted molar refractivity (Wildman–Crippen MR) is 72.3 cm³/mol. The van der Waals surface area contributed by atoms with Crippen molar-refractivity contribution in [3.05, 3.63) is 29.3 Å². The fraction of sp³-hybridized carbons (Fsp3) is 0.500. The predicted octanol–water partition coefficient (Wildman–Crippen LogP) is 1.45. The third kappa shape index (κ3) is 2.98. The average Bonchev–Trinajstić information content (AvgIpc) is 2.77. The standard InChI is InChI=1S/C14H20N2O3/c1-10-8-11(4-5-13(10)19-2)12-9-16(6-3-7-17)14(18)15-12/h4-5,8,12,17H,3,6-7,9H2,1-2H3,(H,15,18). The summed E-state index contributed by atoms with van der Waals surface area (Å²) in [6, 6.07) is 5.89. The average molecular weight is 264 g/mol. The number of amides is 2. The minimum Gasteiger partial charge on any atom is -0.496 e. The van der Waals surface area contributed by atoms with Crippen LogP contribution in [0.1, 0.15) is 23.6 Å². The molecule has 0 radical (unpaired) electrons. The van der Waals surface area contributed by atoms with Crippen molar-refractivity contribution in [3.8, 4) is 5.75 Å². The van der Waals surface area contributed by atoms with Crippen molar-refractivity contribution in [3.63, 3.8) is 0 Å². The van der Waals surface area contributed by atoms with Crippen LogP contribution in [0.4, 0.5) is 4.79 Å². The first kappa shape index (κ1) is 13.7. The maximum atomic E-state index is 11.8. The summed E-state index contributed by atoms with van der Waals surface area (Å²) < 4.78 is 5.23. The monoisotopic (exact) mass is 264 g/mol. The van der Waals surface area contributed by atoms with Gasteiger partial charge < -0.3 is 20.1 Å².